The number of carbonyl (C=O) groups is 1. The van der Waals surface area contributed by atoms with E-state index in [-0.39, 0.29) is 28.8 Å². The summed E-state index contributed by atoms with van der Waals surface area (Å²) < 4.78 is 12.2. The molecule has 182 valence electrons. The average molecular weight is 465 g/mol. The molecule has 6 heteroatoms. The van der Waals surface area contributed by atoms with Crippen LogP contribution in [-0.4, -0.2) is 30.0 Å². The number of hydrogen-bond donors (Lipinski definition) is 0. The van der Waals surface area contributed by atoms with Crippen molar-refractivity contribution >= 4 is 5.97 Å². The van der Waals surface area contributed by atoms with E-state index in [0.29, 0.717) is 18.0 Å². The number of ether oxygens (including phenoxy) is 2. The summed E-state index contributed by atoms with van der Waals surface area (Å²) in [5, 5.41) is 4.50. The van der Waals surface area contributed by atoms with Crippen molar-refractivity contribution in [2.45, 2.75) is 58.8 Å². The molecule has 2 aliphatic carbocycles. The van der Waals surface area contributed by atoms with Crippen LogP contribution >= 0.6 is 0 Å². The summed E-state index contributed by atoms with van der Waals surface area (Å²) in [6.45, 7) is 8.86. The zero-order valence-electron chi connectivity index (χ0n) is 20.8. The average Bonchev–Trinajstić information content (AvgIpc) is 2.83. The van der Waals surface area contributed by atoms with Gasteiger partial charge < -0.3 is 9.47 Å². The second-order valence-electron chi connectivity index (χ2n) is 10.4. The monoisotopic (exact) mass is 464 g/mol. The summed E-state index contributed by atoms with van der Waals surface area (Å²) in [7, 11) is 3.08. The van der Waals surface area contributed by atoms with E-state index in [1.165, 1.54) is 17.4 Å². The molecule has 4 rings (SSSR count). The van der Waals surface area contributed by atoms with Crippen LogP contribution in [-0.2, 0) is 16.0 Å². The standard InChI is InChI=1S/C28H36N2O4/c1-19-12-15-23-27(2,16-9-17-28(23,3)26(32)34-5)22(19)14-13-20-18-24(31)30(29-25(20)33-4)21-10-7-6-8-11-21/h6-8,10-11,18,22-23H,1,9,12-17H2,2-5H3/t22-,23-,27+,28-/m0/s1. The minimum atomic E-state index is -0.462. The van der Waals surface area contributed by atoms with Gasteiger partial charge in [0.1, 0.15) is 0 Å². The fourth-order valence-electron chi connectivity index (χ4n) is 6.84. The molecule has 0 amide bonds. The minimum absolute atomic E-state index is 0.0315. The normalized spacial score (nSPS) is 28.8. The predicted octanol–water partition coefficient (Wildman–Crippen LogP) is 5.13. The van der Waals surface area contributed by atoms with E-state index in [1.807, 2.05) is 30.3 Å². The fourth-order valence-corrected chi connectivity index (χ4v) is 6.84. The van der Waals surface area contributed by atoms with Gasteiger partial charge in [0.15, 0.2) is 0 Å². The number of carbonyl (C=O) groups excluding carboxylic acids is 1. The zero-order valence-corrected chi connectivity index (χ0v) is 20.8. The first-order chi connectivity index (χ1) is 16.2. The van der Waals surface area contributed by atoms with Crippen LogP contribution in [0.1, 0.15) is 57.9 Å². The molecule has 1 aromatic carbocycles. The Morgan fingerprint density at radius 3 is 2.62 bits per heavy atom. The number of para-hydroxylation sites is 1. The molecule has 2 aliphatic rings. The van der Waals surface area contributed by atoms with Crippen LogP contribution in [0.15, 0.2) is 53.3 Å². The van der Waals surface area contributed by atoms with Crippen LogP contribution in [0.4, 0.5) is 0 Å². The van der Waals surface area contributed by atoms with Crippen molar-refractivity contribution in [3.8, 4) is 11.6 Å². The largest absolute Gasteiger partial charge is 0.480 e. The van der Waals surface area contributed by atoms with E-state index in [0.717, 1.165) is 44.1 Å². The Hall–Kier alpha value is -2.89. The molecule has 1 aromatic heterocycles. The molecule has 0 bridgehead atoms. The summed E-state index contributed by atoms with van der Waals surface area (Å²) in [6, 6.07) is 11.0. The number of methoxy groups -OCH3 is 2. The minimum Gasteiger partial charge on any atom is -0.480 e. The highest BCUT2D eigenvalue weighted by Crippen LogP contribution is 2.62. The maximum absolute atomic E-state index is 12.9. The third-order valence-electron chi connectivity index (χ3n) is 8.54. The Labute approximate surface area is 202 Å². The van der Waals surface area contributed by atoms with Crippen molar-refractivity contribution in [2.24, 2.45) is 22.7 Å². The van der Waals surface area contributed by atoms with E-state index in [9.17, 15) is 9.59 Å². The molecular formula is C28H36N2O4. The molecule has 2 aromatic rings. The third kappa shape index (κ3) is 4.08. The Morgan fingerprint density at radius 1 is 1.21 bits per heavy atom. The van der Waals surface area contributed by atoms with Crippen molar-refractivity contribution in [3.63, 3.8) is 0 Å². The smallest absolute Gasteiger partial charge is 0.311 e. The molecule has 6 nitrogen and oxygen atoms in total. The maximum atomic E-state index is 12.9. The summed E-state index contributed by atoms with van der Waals surface area (Å²) in [4.78, 5) is 25.7. The highest BCUT2D eigenvalue weighted by Gasteiger charge is 2.57. The van der Waals surface area contributed by atoms with Gasteiger partial charge in [-0.05, 0) is 74.8 Å². The quantitative estimate of drug-likeness (QED) is 0.438. The SMILES string of the molecule is C=C1CC[C@H]2[C@](C)(CCC[C@]2(C)C(=O)OC)[C@H]1CCc1cc(=O)n(-c2ccccc2)nc1OC. The highest BCUT2D eigenvalue weighted by molar-refractivity contribution is 5.77. The fraction of sp³-hybridized carbons (Fsp3) is 0.536. The molecule has 1 heterocycles. The summed E-state index contributed by atoms with van der Waals surface area (Å²) >= 11 is 0. The van der Waals surface area contributed by atoms with Gasteiger partial charge in [0.25, 0.3) is 5.56 Å². The Morgan fingerprint density at radius 2 is 1.94 bits per heavy atom. The van der Waals surface area contributed by atoms with E-state index in [2.05, 4.69) is 25.5 Å². The highest BCUT2D eigenvalue weighted by atomic mass is 16.5. The molecular weight excluding hydrogens is 428 g/mol. The van der Waals surface area contributed by atoms with Gasteiger partial charge >= 0.3 is 5.97 Å². The van der Waals surface area contributed by atoms with Crippen LogP contribution in [0, 0.1) is 22.7 Å². The molecule has 0 unspecified atom stereocenters. The van der Waals surface area contributed by atoms with Crippen molar-refractivity contribution in [3.05, 3.63) is 64.5 Å². The molecule has 4 atom stereocenters. The number of allylic oxidation sites excluding steroid dienone is 1. The van der Waals surface area contributed by atoms with Crippen LogP contribution in [0.25, 0.3) is 5.69 Å². The lowest BCUT2D eigenvalue weighted by Crippen LogP contribution is -2.53. The van der Waals surface area contributed by atoms with E-state index < -0.39 is 5.41 Å². The van der Waals surface area contributed by atoms with Crippen molar-refractivity contribution in [1.82, 2.24) is 9.78 Å². The number of nitrogens with zero attached hydrogens (tertiary/aromatic N) is 2. The molecule has 2 saturated carbocycles. The molecule has 0 spiro atoms. The van der Waals surface area contributed by atoms with Crippen LogP contribution in [0.2, 0.25) is 0 Å². The van der Waals surface area contributed by atoms with Gasteiger partial charge in [0.05, 0.1) is 25.3 Å². The molecule has 0 saturated heterocycles. The lowest BCUT2D eigenvalue weighted by atomic mass is 9.46. The first-order valence-electron chi connectivity index (χ1n) is 12.2. The topological polar surface area (TPSA) is 70.4 Å². The summed E-state index contributed by atoms with van der Waals surface area (Å²) in [5.41, 5.74) is 2.09. The van der Waals surface area contributed by atoms with Gasteiger partial charge in [-0.25, -0.2) is 0 Å². The number of esters is 1. The number of hydrogen-bond acceptors (Lipinski definition) is 5. The lowest BCUT2D eigenvalue weighted by Gasteiger charge is -2.57. The van der Waals surface area contributed by atoms with E-state index in [1.54, 1.807) is 13.2 Å². The molecule has 34 heavy (non-hydrogen) atoms. The van der Waals surface area contributed by atoms with Crippen molar-refractivity contribution in [1.29, 1.82) is 0 Å². The van der Waals surface area contributed by atoms with Gasteiger partial charge in [0.2, 0.25) is 5.88 Å². The van der Waals surface area contributed by atoms with Crippen LogP contribution in [0.5, 0.6) is 5.88 Å². The van der Waals surface area contributed by atoms with E-state index >= 15 is 0 Å². The molecule has 0 N–H and O–H groups in total. The van der Waals surface area contributed by atoms with Crippen molar-refractivity contribution < 1.29 is 14.3 Å². The van der Waals surface area contributed by atoms with Crippen molar-refractivity contribution in [2.75, 3.05) is 14.2 Å². The Balaban J connectivity index is 1.61. The van der Waals surface area contributed by atoms with Gasteiger partial charge in [0, 0.05) is 11.6 Å². The molecule has 0 radical (unpaired) electrons. The number of benzene rings is 1. The first-order valence-corrected chi connectivity index (χ1v) is 12.2. The summed E-state index contributed by atoms with van der Waals surface area (Å²) in [6.07, 6.45) is 6.34. The number of rotatable bonds is 6. The lowest BCUT2D eigenvalue weighted by molar-refractivity contribution is -0.168. The van der Waals surface area contributed by atoms with Gasteiger partial charge in [-0.1, -0.05) is 43.7 Å². The number of aryl methyl sites for hydroxylation is 1. The van der Waals surface area contributed by atoms with Gasteiger partial charge in [-0.2, -0.15) is 4.68 Å². The van der Waals surface area contributed by atoms with Gasteiger partial charge in [-0.15, -0.1) is 5.10 Å². The summed E-state index contributed by atoms with van der Waals surface area (Å²) in [5.74, 6) is 0.888. The second-order valence-corrected chi connectivity index (χ2v) is 10.4. The molecule has 2 fully saturated rings. The third-order valence-corrected chi connectivity index (χ3v) is 8.54. The second kappa shape index (κ2) is 9.40. The maximum Gasteiger partial charge on any atom is 0.311 e. The number of fused-ring (bicyclic) bond motifs is 1. The predicted molar refractivity (Wildman–Crippen MR) is 132 cm³/mol. The first kappa shape index (κ1) is 24.2. The Kier molecular flexibility index (Phi) is 6.70. The zero-order chi connectivity index (χ0) is 24.5. The van der Waals surface area contributed by atoms with Crippen LogP contribution < -0.4 is 10.3 Å². The van der Waals surface area contributed by atoms with Gasteiger partial charge in [-0.3, -0.25) is 9.59 Å². The Bertz CT molecular complexity index is 1120. The molecule has 0 aliphatic heterocycles. The number of aromatic nitrogens is 2. The van der Waals surface area contributed by atoms with Crippen LogP contribution in [0.3, 0.4) is 0 Å². The van der Waals surface area contributed by atoms with E-state index in [4.69, 9.17) is 9.47 Å².